The number of nitrogens with zero attached hydrogens (tertiary/aromatic N) is 2. The maximum absolute atomic E-state index is 14.2. The van der Waals surface area contributed by atoms with Crippen LogP contribution in [-0.4, -0.2) is 176 Å². The minimum Gasteiger partial charge on any atom is -0.507 e. The first-order valence-corrected chi connectivity index (χ1v) is 27.9. The smallest absolute Gasteiger partial charge is 0.270 e. The van der Waals surface area contributed by atoms with Crippen molar-refractivity contribution in [2.24, 2.45) is 0 Å². The number of methoxy groups -OCH3 is 2. The number of nitrogens with one attached hydrogen (secondary N) is 3. The fourth-order valence-corrected chi connectivity index (χ4v) is 11.3. The molecule has 3 amide bonds. The number of aliphatic hydroxyl groups is 1. The molecule has 6 N–H and O–H groups in total. The van der Waals surface area contributed by atoms with Gasteiger partial charge in [0, 0.05) is 109 Å². The number of ketones is 2. The summed E-state index contributed by atoms with van der Waals surface area (Å²) in [5.41, 5.74) is 2.45. The number of aromatic hydroxyl groups is 2. The number of ether oxygens (including phenoxy) is 9. The number of hydrogen-bond acceptors (Lipinski definition) is 20. The number of fused-ring (bicyclic) bond motifs is 6. The number of phenols is 2. The fraction of sp³-hybridized carbons (Fsp3) is 0.560. The molecule has 4 heterocycles. The van der Waals surface area contributed by atoms with Crippen molar-refractivity contribution in [2.75, 3.05) is 78.5 Å². The number of carbonyl (C=O) groups excluding carboxylic acids is 5. The van der Waals surface area contributed by atoms with Crippen molar-refractivity contribution in [3.05, 3.63) is 75.1 Å². The molecule has 1 aromatic heterocycles. The number of benzene rings is 2. The van der Waals surface area contributed by atoms with Crippen molar-refractivity contribution >= 4 is 72.9 Å². The van der Waals surface area contributed by atoms with E-state index in [9.17, 15) is 39.3 Å². The van der Waals surface area contributed by atoms with Crippen LogP contribution in [0.5, 0.6) is 23.0 Å². The molecule has 0 saturated carbocycles. The summed E-state index contributed by atoms with van der Waals surface area (Å²) in [5.74, 6) is -3.18. The van der Waals surface area contributed by atoms with Crippen LogP contribution in [-0.2, 0) is 64.6 Å². The third-order valence-corrected chi connectivity index (χ3v) is 15.6. The zero-order valence-corrected chi connectivity index (χ0v) is 45.6. The molecule has 8 atom stereocenters. The first-order chi connectivity index (χ1) is 36.2. The molecule has 3 aromatic rings. The number of rotatable bonds is 23. The number of hydrogen-bond donors (Lipinski definition) is 6. The van der Waals surface area contributed by atoms with Gasteiger partial charge in [-0.05, 0) is 13.0 Å². The standard InChI is InChI=1S/C50H61Br2N5O17S/c1-26-46-32(57-10-12-71-48(67-3)47(57)74-46)21-37(72-26)73-34-23-50(65,22-31-39(34)45(63)41-40(43(31)61)42(60)30-5-4-6-33(66-2)38(30)44(41)62)49(64)56-55-36(59)8-17-75-18-9-53-35(58)7-11-68-13-14-69-15-16-70-29-19-27(24-51)54-28(20-29)25-52/h4-6,19-20,26,32,34,37,46-48,61,63,65H,7-18,21-25H2,1-3H3,(H,53,58)(H,55,59)(H,56,64)/t26-,32-,34-,37-,46+,47+,48-,50-/m0/s1. The molecule has 0 spiro atoms. The molecule has 5 aliphatic rings. The van der Waals surface area contributed by atoms with E-state index in [1.54, 1.807) is 0 Å². The summed E-state index contributed by atoms with van der Waals surface area (Å²) in [6.45, 7) is 4.69. The molecular formula is C50H61Br2N5O17S. The molecule has 3 aliphatic heterocycles. The normalized spacial score (nSPS) is 24.8. The van der Waals surface area contributed by atoms with Gasteiger partial charge in [-0.25, -0.2) is 0 Å². The largest absolute Gasteiger partial charge is 0.507 e. The molecule has 75 heavy (non-hydrogen) atoms. The Balaban J connectivity index is 0.820. The molecular weight excluding hydrogens is 1130 g/mol. The van der Waals surface area contributed by atoms with E-state index in [1.165, 1.54) is 44.2 Å². The van der Waals surface area contributed by atoms with Gasteiger partial charge in [0.05, 0.1) is 80.4 Å². The minimum atomic E-state index is -2.41. The first kappa shape index (κ1) is 56.7. The second-order valence-electron chi connectivity index (χ2n) is 18.3. The van der Waals surface area contributed by atoms with Gasteiger partial charge in [-0.15, -0.1) is 0 Å². The van der Waals surface area contributed by atoms with E-state index in [0.29, 0.717) is 74.0 Å². The Morgan fingerprint density at radius 1 is 0.907 bits per heavy atom. The fourth-order valence-electron chi connectivity index (χ4n) is 9.97. The summed E-state index contributed by atoms with van der Waals surface area (Å²) in [4.78, 5) is 74.1. The minimum absolute atomic E-state index is 0.0325. The zero-order chi connectivity index (χ0) is 53.4. The van der Waals surface area contributed by atoms with Gasteiger partial charge in [-0.2, -0.15) is 11.8 Å². The predicted octanol–water partition coefficient (Wildman–Crippen LogP) is 3.22. The van der Waals surface area contributed by atoms with Crippen LogP contribution in [0.15, 0.2) is 30.3 Å². The van der Waals surface area contributed by atoms with Crippen molar-refractivity contribution in [2.45, 2.75) is 98.5 Å². The Hall–Kier alpha value is -4.51. The molecule has 0 bridgehead atoms. The van der Waals surface area contributed by atoms with Crippen LogP contribution in [0.1, 0.15) is 93.1 Å². The van der Waals surface area contributed by atoms with Crippen LogP contribution in [0.3, 0.4) is 0 Å². The highest BCUT2D eigenvalue weighted by Crippen LogP contribution is 2.53. The molecule has 0 unspecified atom stereocenters. The SMILES string of the molecule is COc1cccc2c1C(=O)c1c(O)c3c(c(O)c1C2=O)C[C@@](O)(C(=O)NNC(=O)CCSCCNC(=O)CCOCCOCCOc1cc(CBr)nc(CBr)c1)C[C@@H]3O[C@H]1C[C@H]2[C@H](O[C@@H]3[C@@H](OC)OCCN32)[C@H](C)O1. The lowest BCUT2D eigenvalue weighted by molar-refractivity contribution is -0.256. The van der Waals surface area contributed by atoms with E-state index >= 15 is 0 Å². The van der Waals surface area contributed by atoms with Gasteiger partial charge in [0.15, 0.2) is 30.2 Å². The number of phenolic OH excluding ortho intramolecular Hbond substituents is 2. The summed E-state index contributed by atoms with van der Waals surface area (Å²) >= 11 is 8.22. The highest BCUT2D eigenvalue weighted by Gasteiger charge is 2.55. The van der Waals surface area contributed by atoms with Crippen molar-refractivity contribution in [3.8, 4) is 23.0 Å². The average Bonchev–Trinajstić information content (AvgIpc) is 3.80. The quantitative estimate of drug-likeness (QED) is 0.0269. The molecule has 0 radical (unpaired) electrons. The van der Waals surface area contributed by atoms with Crippen LogP contribution in [0, 0.1) is 0 Å². The Labute approximate surface area is 453 Å². The van der Waals surface area contributed by atoms with Crippen molar-refractivity contribution in [1.82, 2.24) is 26.1 Å². The maximum Gasteiger partial charge on any atom is 0.270 e. The third kappa shape index (κ3) is 12.8. The maximum atomic E-state index is 14.2. The number of morpholine rings is 1. The number of hydrazine groups is 1. The molecule has 3 saturated heterocycles. The van der Waals surface area contributed by atoms with Crippen molar-refractivity contribution in [1.29, 1.82) is 0 Å². The summed E-state index contributed by atoms with van der Waals surface area (Å²) in [5, 5.41) is 40.3. The van der Waals surface area contributed by atoms with E-state index in [2.05, 4.69) is 57.9 Å². The molecule has 8 rings (SSSR count). The molecule has 22 nitrogen and oxygen atoms in total. The number of aromatic nitrogens is 1. The summed E-state index contributed by atoms with van der Waals surface area (Å²) < 4.78 is 52.8. The lowest BCUT2D eigenvalue weighted by atomic mass is 9.72. The monoisotopic (exact) mass is 1190 g/mol. The molecule has 408 valence electrons. The Morgan fingerprint density at radius 3 is 2.37 bits per heavy atom. The highest BCUT2D eigenvalue weighted by atomic mass is 79.9. The van der Waals surface area contributed by atoms with E-state index in [-0.39, 0.29) is 65.8 Å². The number of carbonyl (C=O) groups is 5. The van der Waals surface area contributed by atoms with Crippen LogP contribution in [0.2, 0.25) is 0 Å². The van der Waals surface area contributed by atoms with Crippen LogP contribution in [0.4, 0.5) is 0 Å². The Morgan fingerprint density at radius 2 is 1.64 bits per heavy atom. The molecule has 25 heteroatoms. The Kier molecular flexibility index (Phi) is 19.5. The lowest BCUT2D eigenvalue weighted by Crippen LogP contribution is -2.57. The molecule has 2 aliphatic carbocycles. The summed E-state index contributed by atoms with van der Waals surface area (Å²) in [6, 6.07) is 7.89. The van der Waals surface area contributed by atoms with Gasteiger partial charge in [0.2, 0.25) is 17.6 Å². The highest BCUT2D eigenvalue weighted by molar-refractivity contribution is 9.08. The average molecular weight is 1200 g/mol. The number of halogens is 2. The van der Waals surface area contributed by atoms with Crippen LogP contribution < -0.4 is 25.6 Å². The van der Waals surface area contributed by atoms with E-state index < -0.39 is 102 Å². The topological polar surface area (TPSA) is 281 Å². The van der Waals surface area contributed by atoms with E-state index in [0.717, 1.165) is 11.4 Å². The zero-order valence-electron chi connectivity index (χ0n) is 41.6. The summed E-state index contributed by atoms with van der Waals surface area (Å²) in [6.07, 6.45) is -5.36. The van der Waals surface area contributed by atoms with Gasteiger partial charge < -0.3 is 63.3 Å². The number of amides is 3. The number of pyridine rings is 1. The third-order valence-electron chi connectivity index (χ3n) is 13.5. The second kappa shape index (κ2) is 25.8. The summed E-state index contributed by atoms with van der Waals surface area (Å²) in [7, 11) is 2.86. The van der Waals surface area contributed by atoms with Crippen LogP contribution >= 0.6 is 43.6 Å². The van der Waals surface area contributed by atoms with Crippen molar-refractivity contribution < 1.29 is 81.9 Å². The van der Waals surface area contributed by atoms with Gasteiger partial charge in [-0.1, -0.05) is 44.0 Å². The number of alkyl halides is 2. The van der Waals surface area contributed by atoms with Gasteiger partial charge in [-0.3, -0.25) is 44.7 Å². The van der Waals surface area contributed by atoms with Crippen LogP contribution in [0.25, 0.3) is 0 Å². The van der Waals surface area contributed by atoms with Crippen molar-refractivity contribution in [3.63, 3.8) is 0 Å². The lowest BCUT2D eigenvalue weighted by Gasteiger charge is -2.43. The van der Waals surface area contributed by atoms with E-state index in [1.807, 2.05) is 19.1 Å². The van der Waals surface area contributed by atoms with Gasteiger partial charge >= 0.3 is 0 Å². The molecule has 3 fully saturated rings. The second-order valence-corrected chi connectivity index (χ2v) is 20.6. The van der Waals surface area contributed by atoms with Gasteiger partial charge in [0.1, 0.15) is 35.7 Å². The van der Waals surface area contributed by atoms with Gasteiger partial charge in [0.25, 0.3) is 5.91 Å². The van der Waals surface area contributed by atoms with E-state index in [4.69, 9.17) is 42.6 Å². The predicted molar refractivity (Wildman–Crippen MR) is 274 cm³/mol. The number of thioether (sulfide) groups is 1. The first-order valence-electron chi connectivity index (χ1n) is 24.5. The Bertz CT molecular complexity index is 2580. The molecule has 2 aromatic carbocycles.